The summed E-state index contributed by atoms with van der Waals surface area (Å²) >= 11 is 0. The summed E-state index contributed by atoms with van der Waals surface area (Å²) in [5.41, 5.74) is 0.465. The number of carbonyl (C=O) groups excluding carboxylic acids is 1. The third kappa shape index (κ3) is 2.58. The number of likely N-dealkylation sites (tertiary alicyclic amines) is 1. The maximum absolute atomic E-state index is 12.1. The Morgan fingerprint density at radius 3 is 2.88 bits per heavy atom. The number of phenolic OH excluding ortho intramolecular Hbond substituents is 1. The normalized spacial score (nSPS) is 24.7. The standard InChI is InChI=1S/C13H17NO3/c1-9-5-6-14(8-12(9)16)13(17)10-3-2-4-11(15)7-10/h2-4,7,9,12,15-16H,5-6,8H2,1H3. The molecule has 0 spiro atoms. The number of nitrogens with zero attached hydrogens (tertiary/aromatic N) is 1. The van der Waals surface area contributed by atoms with Gasteiger partial charge in [-0.05, 0) is 30.5 Å². The second kappa shape index (κ2) is 4.75. The first kappa shape index (κ1) is 11.9. The van der Waals surface area contributed by atoms with E-state index in [2.05, 4.69) is 0 Å². The van der Waals surface area contributed by atoms with E-state index in [0.717, 1.165) is 6.42 Å². The van der Waals surface area contributed by atoms with Crippen molar-refractivity contribution in [3.8, 4) is 5.75 Å². The molecule has 1 aromatic carbocycles. The van der Waals surface area contributed by atoms with Crippen molar-refractivity contribution in [2.24, 2.45) is 5.92 Å². The van der Waals surface area contributed by atoms with Gasteiger partial charge in [-0.25, -0.2) is 0 Å². The van der Waals surface area contributed by atoms with Crippen molar-refractivity contribution in [2.45, 2.75) is 19.4 Å². The Balaban J connectivity index is 2.10. The monoisotopic (exact) mass is 235 g/mol. The fourth-order valence-electron chi connectivity index (χ4n) is 2.05. The van der Waals surface area contributed by atoms with Gasteiger partial charge < -0.3 is 15.1 Å². The van der Waals surface area contributed by atoms with Crippen LogP contribution in [0.2, 0.25) is 0 Å². The smallest absolute Gasteiger partial charge is 0.254 e. The number of aliphatic hydroxyl groups is 1. The molecule has 2 atom stereocenters. The van der Waals surface area contributed by atoms with Gasteiger partial charge in [0.05, 0.1) is 6.10 Å². The molecular formula is C13H17NO3. The Morgan fingerprint density at radius 1 is 1.47 bits per heavy atom. The Labute approximate surface area is 100 Å². The highest BCUT2D eigenvalue weighted by Gasteiger charge is 2.27. The second-order valence-corrected chi connectivity index (χ2v) is 4.63. The van der Waals surface area contributed by atoms with Crippen LogP contribution in [0.4, 0.5) is 0 Å². The molecule has 0 bridgehead atoms. The quantitative estimate of drug-likeness (QED) is 0.769. The van der Waals surface area contributed by atoms with Crippen molar-refractivity contribution >= 4 is 5.91 Å². The Kier molecular flexibility index (Phi) is 3.33. The van der Waals surface area contributed by atoms with E-state index >= 15 is 0 Å². The predicted octanol–water partition coefficient (Wildman–Crippen LogP) is 1.24. The Hall–Kier alpha value is -1.55. The van der Waals surface area contributed by atoms with Crippen molar-refractivity contribution in [1.82, 2.24) is 4.90 Å². The summed E-state index contributed by atoms with van der Waals surface area (Å²) in [5.74, 6) is 0.192. The molecule has 0 saturated carbocycles. The molecular weight excluding hydrogens is 218 g/mol. The van der Waals surface area contributed by atoms with E-state index in [1.54, 1.807) is 17.0 Å². The number of hydrogen-bond donors (Lipinski definition) is 2. The van der Waals surface area contributed by atoms with Crippen LogP contribution in [0.3, 0.4) is 0 Å². The van der Waals surface area contributed by atoms with Crippen LogP contribution in [-0.2, 0) is 0 Å². The number of phenols is 1. The topological polar surface area (TPSA) is 60.8 Å². The Bertz CT molecular complexity index is 419. The molecule has 1 aromatic rings. The molecule has 2 unspecified atom stereocenters. The van der Waals surface area contributed by atoms with Crippen LogP contribution in [0.1, 0.15) is 23.7 Å². The lowest BCUT2D eigenvalue weighted by molar-refractivity contribution is 0.0248. The molecule has 4 heteroatoms. The van der Waals surface area contributed by atoms with Gasteiger partial charge in [-0.1, -0.05) is 13.0 Å². The average Bonchev–Trinajstić information content (AvgIpc) is 2.32. The van der Waals surface area contributed by atoms with Crippen LogP contribution in [0, 0.1) is 5.92 Å². The van der Waals surface area contributed by atoms with E-state index in [-0.39, 0.29) is 17.6 Å². The van der Waals surface area contributed by atoms with Gasteiger partial charge in [-0.3, -0.25) is 4.79 Å². The molecule has 0 aromatic heterocycles. The molecule has 0 radical (unpaired) electrons. The molecule has 1 aliphatic heterocycles. The number of carbonyl (C=O) groups is 1. The second-order valence-electron chi connectivity index (χ2n) is 4.63. The first-order valence-corrected chi connectivity index (χ1v) is 5.84. The van der Waals surface area contributed by atoms with Crippen LogP contribution < -0.4 is 0 Å². The summed E-state index contributed by atoms with van der Waals surface area (Å²) in [6.45, 7) is 3.02. The number of β-amino-alcohol motifs (C(OH)–C–C–N with tert-alkyl or cyclic N) is 1. The zero-order chi connectivity index (χ0) is 12.4. The largest absolute Gasteiger partial charge is 0.508 e. The first-order valence-electron chi connectivity index (χ1n) is 5.84. The molecule has 1 amide bonds. The summed E-state index contributed by atoms with van der Waals surface area (Å²) in [4.78, 5) is 13.7. The summed E-state index contributed by atoms with van der Waals surface area (Å²) < 4.78 is 0. The lowest BCUT2D eigenvalue weighted by Gasteiger charge is -2.34. The summed E-state index contributed by atoms with van der Waals surface area (Å²) in [5, 5.41) is 19.1. The van der Waals surface area contributed by atoms with Crippen LogP contribution >= 0.6 is 0 Å². The maximum atomic E-state index is 12.1. The molecule has 4 nitrogen and oxygen atoms in total. The van der Waals surface area contributed by atoms with Gasteiger partial charge in [0.2, 0.25) is 0 Å². The average molecular weight is 235 g/mol. The fourth-order valence-corrected chi connectivity index (χ4v) is 2.05. The van der Waals surface area contributed by atoms with Crippen LogP contribution in [0.15, 0.2) is 24.3 Å². The van der Waals surface area contributed by atoms with E-state index in [0.29, 0.717) is 18.7 Å². The highest BCUT2D eigenvalue weighted by atomic mass is 16.3. The molecule has 1 heterocycles. The third-order valence-electron chi connectivity index (χ3n) is 3.30. The van der Waals surface area contributed by atoms with Gasteiger partial charge in [0.1, 0.15) is 5.75 Å². The van der Waals surface area contributed by atoms with Crippen LogP contribution in [0.25, 0.3) is 0 Å². The van der Waals surface area contributed by atoms with Crippen molar-refractivity contribution in [1.29, 1.82) is 0 Å². The van der Waals surface area contributed by atoms with E-state index < -0.39 is 6.10 Å². The minimum absolute atomic E-state index is 0.0850. The summed E-state index contributed by atoms with van der Waals surface area (Å²) in [7, 11) is 0. The van der Waals surface area contributed by atoms with Gasteiger partial charge in [0.25, 0.3) is 5.91 Å². The van der Waals surface area contributed by atoms with Crippen molar-refractivity contribution in [3.63, 3.8) is 0 Å². The van der Waals surface area contributed by atoms with Gasteiger partial charge in [-0.2, -0.15) is 0 Å². The van der Waals surface area contributed by atoms with Gasteiger partial charge in [0.15, 0.2) is 0 Å². The molecule has 92 valence electrons. The van der Waals surface area contributed by atoms with E-state index in [9.17, 15) is 15.0 Å². The molecule has 17 heavy (non-hydrogen) atoms. The highest BCUT2D eigenvalue weighted by molar-refractivity contribution is 5.94. The lowest BCUT2D eigenvalue weighted by atomic mass is 9.95. The number of benzene rings is 1. The van der Waals surface area contributed by atoms with E-state index in [4.69, 9.17) is 0 Å². The third-order valence-corrected chi connectivity index (χ3v) is 3.30. The first-order chi connectivity index (χ1) is 8.08. The SMILES string of the molecule is CC1CCN(C(=O)c2cccc(O)c2)CC1O. The maximum Gasteiger partial charge on any atom is 0.254 e. The number of rotatable bonds is 1. The molecule has 2 N–H and O–H groups in total. The summed E-state index contributed by atoms with van der Waals surface area (Å²) in [6.07, 6.45) is 0.358. The number of hydrogen-bond acceptors (Lipinski definition) is 3. The number of aromatic hydroxyl groups is 1. The van der Waals surface area contributed by atoms with E-state index in [1.165, 1.54) is 12.1 Å². The van der Waals surface area contributed by atoms with Gasteiger partial charge in [0, 0.05) is 18.7 Å². The zero-order valence-electron chi connectivity index (χ0n) is 9.84. The summed E-state index contributed by atoms with van der Waals surface area (Å²) in [6, 6.07) is 6.30. The fraction of sp³-hybridized carbons (Fsp3) is 0.462. The molecule has 1 fully saturated rings. The van der Waals surface area contributed by atoms with Crippen molar-refractivity contribution in [2.75, 3.05) is 13.1 Å². The molecule has 2 rings (SSSR count). The molecule has 1 aliphatic rings. The van der Waals surface area contributed by atoms with E-state index in [1.807, 2.05) is 6.92 Å². The van der Waals surface area contributed by atoms with Gasteiger partial charge >= 0.3 is 0 Å². The van der Waals surface area contributed by atoms with Crippen LogP contribution in [-0.4, -0.2) is 40.2 Å². The minimum Gasteiger partial charge on any atom is -0.508 e. The Morgan fingerprint density at radius 2 is 2.24 bits per heavy atom. The number of aliphatic hydroxyl groups excluding tert-OH is 1. The lowest BCUT2D eigenvalue weighted by Crippen LogP contribution is -2.45. The number of piperidine rings is 1. The zero-order valence-corrected chi connectivity index (χ0v) is 9.84. The predicted molar refractivity (Wildman–Crippen MR) is 63.8 cm³/mol. The minimum atomic E-state index is -0.454. The molecule has 1 saturated heterocycles. The highest BCUT2D eigenvalue weighted by Crippen LogP contribution is 2.20. The van der Waals surface area contributed by atoms with Crippen LogP contribution in [0.5, 0.6) is 5.75 Å². The number of amides is 1. The van der Waals surface area contributed by atoms with Crippen molar-refractivity contribution < 1.29 is 15.0 Å². The van der Waals surface area contributed by atoms with Gasteiger partial charge in [-0.15, -0.1) is 0 Å². The molecule has 0 aliphatic carbocycles. The van der Waals surface area contributed by atoms with Crippen molar-refractivity contribution in [3.05, 3.63) is 29.8 Å².